The van der Waals surface area contributed by atoms with Crippen molar-refractivity contribution in [1.29, 1.82) is 0 Å². The molecule has 0 aromatic heterocycles. The molecule has 0 fully saturated rings. The predicted octanol–water partition coefficient (Wildman–Crippen LogP) is 6.19. The molecule has 0 N–H and O–H groups in total. The molecular weight excluding hydrogens is 536 g/mol. The molecule has 0 bridgehead atoms. The molecule has 5 rings (SSSR count). The number of fused-ring (bicyclic) bond motifs is 1. The summed E-state index contributed by atoms with van der Waals surface area (Å²) in [5, 5.41) is 22.1. The minimum Gasteiger partial charge on any atom is -0.309 e. The molecule has 0 saturated heterocycles. The summed E-state index contributed by atoms with van der Waals surface area (Å²) in [4.78, 5) is 52.2. The van der Waals surface area contributed by atoms with Gasteiger partial charge >= 0.3 is 0 Å². The standard InChI is InChI=1S/C32H28N4O6/c1-22-19-30(34(25-7-3-2-4-8-25)32(38)21-24-13-17-27(18-14-24)36(41)42)28-9-5-6-10-29(28)33(22)31(37)20-23-11-15-26(16-12-23)35(39)40/h2-18,22,30H,19-21H2,1H3/t22-,30-/m0/s1. The van der Waals surface area contributed by atoms with Gasteiger partial charge in [-0.15, -0.1) is 0 Å². The number of rotatable bonds is 8. The van der Waals surface area contributed by atoms with E-state index in [0.29, 0.717) is 28.9 Å². The van der Waals surface area contributed by atoms with Crippen LogP contribution in [0.2, 0.25) is 0 Å². The fourth-order valence-electron chi connectivity index (χ4n) is 5.48. The number of benzene rings is 4. The van der Waals surface area contributed by atoms with Crippen LogP contribution in [0.15, 0.2) is 103 Å². The van der Waals surface area contributed by atoms with Gasteiger partial charge < -0.3 is 9.80 Å². The van der Waals surface area contributed by atoms with Gasteiger partial charge in [-0.05, 0) is 48.2 Å². The van der Waals surface area contributed by atoms with Crippen LogP contribution in [-0.2, 0) is 22.4 Å². The lowest BCUT2D eigenvalue weighted by Crippen LogP contribution is -2.48. The van der Waals surface area contributed by atoms with Crippen LogP contribution in [0.5, 0.6) is 0 Å². The summed E-state index contributed by atoms with van der Waals surface area (Å²) in [7, 11) is 0. The van der Waals surface area contributed by atoms with Crippen LogP contribution in [0, 0.1) is 20.2 Å². The molecule has 0 unspecified atom stereocenters. The lowest BCUT2D eigenvalue weighted by Gasteiger charge is -2.43. The zero-order valence-corrected chi connectivity index (χ0v) is 22.8. The van der Waals surface area contributed by atoms with Crippen molar-refractivity contribution >= 4 is 34.6 Å². The van der Waals surface area contributed by atoms with Gasteiger partial charge in [0.25, 0.3) is 11.4 Å². The molecule has 212 valence electrons. The maximum absolute atomic E-state index is 13.9. The highest BCUT2D eigenvalue weighted by Gasteiger charge is 2.38. The van der Waals surface area contributed by atoms with E-state index in [2.05, 4.69) is 0 Å². The molecule has 0 saturated carbocycles. The molecule has 4 aromatic rings. The van der Waals surface area contributed by atoms with Crippen LogP contribution in [0.4, 0.5) is 22.7 Å². The Morgan fingerprint density at radius 3 is 1.86 bits per heavy atom. The third-order valence-electron chi connectivity index (χ3n) is 7.45. The SMILES string of the molecule is C[C@H]1C[C@H](N(C(=O)Cc2ccc([N+](=O)[O-])cc2)c2ccccc2)c2ccccc2N1C(=O)Cc1ccc([N+](=O)[O-])cc1. The maximum atomic E-state index is 13.9. The summed E-state index contributed by atoms with van der Waals surface area (Å²) in [6.45, 7) is 1.95. The molecule has 0 spiro atoms. The van der Waals surface area contributed by atoms with Crippen LogP contribution in [0.3, 0.4) is 0 Å². The number of amides is 2. The fraction of sp³-hybridized carbons (Fsp3) is 0.188. The minimum atomic E-state index is -0.476. The monoisotopic (exact) mass is 564 g/mol. The Bertz CT molecular complexity index is 1620. The number of non-ortho nitro benzene ring substituents is 2. The summed E-state index contributed by atoms with van der Waals surface area (Å²) in [6, 6.07) is 28.2. The van der Waals surface area contributed by atoms with E-state index in [9.17, 15) is 29.8 Å². The number of nitro benzene ring substituents is 2. The second-order valence-corrected chi connectivity index (χ2v) is 10.2. The van der Waals surface area contributed by atoms with Crippen molar-refractivity contribution in [3.8, 4) is 0 Å². The number of anilines is 2. The van der Waals surface area contributed by atoms with E-state index in [0.717, 1.165) is 5.56 Å². The second kappa shape index (κ2) is 12.0. The third-order valence-corrected chi connectivity index (χ3v) is 7.45. The summed E-state index contributed by atoms with van der Waals surface area (Å²) >= 11 is 0. The topological polar surface area (TPSA) is 127 Å². The van der Waals surface area contributed by atoms with Gasteiger partial charge in [-0.2, -0.15) is 0 Å². The summed E-state index contributed by atoms with van der Waals surface area (Å²) in [6.07, 6.45) is 0.593. The van der Waals surface area contributed by atoms with Gasteiger partial charge in [0.2, 0.25) is 11.8 Å². The van der Waals surface area contributed by atoms with E-state index in [1.807, 2.05) is 61.5 Å². The maximum Gasteiger partial charge on any atom is 0.269 e. The average molecular weight is 565 g/mol. The van der Waals surface area contributed by atoms with Crippen molar-refractivity contribution in [2.24, 2.45) is 0 Å². The first-order valence-electron chi connectivity index (χ1n) is 13.5. The summed E-state index contributed by atoms with van der Waals surface area (Å²) in [5.74, 6) is -0.321. The smallest absolute Gasteiger partial charge is 0.269 e. The van der Waals surface area contributed by atoms with E-state index in [1.165, 1.54) is 24.3 Å². The van der Waals surface area contributed by atoms with Gasteiger partial charge in [0.15, 0.2) is 0 Å². The minimum absolute atomic E-state index is 0.0369. The van der Waals surface area contributed by atoms with Gasteiger partial charge in [0.1, 0.15) is 0 Å². The molecular formula is C32H28N4O6. The first kappa shape index (κ1) is 28.2. The Labute approximate surface area is 242 Å². The Balaban J connectivity index is 1.46. The van der Waals surface area contributed by atoms with E-state index < -0.39 is 9.85 Å². The highest BCUT2D eigenvalue weighted by Crippen LogP contribution is 2.42. The van der Waals surface area contributed by atoms with Crippen molar-refractivity contribution in [3.63, 3.8) is 0 Å². The lowest BCUT2D eigenvalue weighted by molar-refractivity contribution is -0.385. The van der Waals surface area contributed by atoms with Crippen LogP contribution in [0.1, 0.15) is 36.1 Å². The Morgan fingerprint density at radius 2 is 1.29 bits per heavy atom. The molecule has 2 atom stereocenters. The van der Waals surface area contributed by atoms with Crippen LogP contribution in [-0.4, -0.2) is 27.7 Å². The molecule has 10 nitrogen and oxygen atoms in total. The molecule has 1 aliphatic rings. The van der Waals surface area contributed by atoms with E-state index in [-0.39, 0.29) is 48.1 Å². The van der Waals surface area contributed by atoms with Crippen LogP contribution in [0.25, 0.3) is 0 Å². The third kappa shape index (κ3) is 5.87. The first-order valence-corrected chi connectivity index (χ1v) is 13.5. The van der Waals surface area contributed by atoms with Crippen LogP contribution < -0.4 is 9.80 Å². The highest BCUT2D eigenvalue weighted by atomic mass is 16.6. The quantitative estimate of drug-likeness (QED) is 0.186. The van der Waals surface area contributed by atoms with E-state index in [1.54, 1.807) is 34.1 Å². The van der Waals surface area contributed by atoms with Crippen LogP contribution >= 0.6 is 0 Å². The molecule has 1 heterocycles. The summed E-state index contributed by atoms with van der Waals surface area (Å²) < 4.78 is 0. The number of nitro groups is 2. The highest BCUT2D eigenvalue weighted by molar-refractivity contribution is 5.99. The number of carbonyl (C=O) groups excluding carboxylic acids is 2. The molecule has 0 radical (unpaired) electrons. The summed E-state index contributed by atoms with van der Waals surface area (Å²) in [5.41, 5.74) is 3.49. The van der Waals surface area contributed by atoms with E-state index in [4.69, 9.17) is 0 Å². The lowest BCUT2D eigenvalue weighted by atomic mass is 9.89. The van der Waals surface area contributed by atoms with Gasteiger partial charge in [-0.1, -0.05) is 60.7 Å². The van der Waals surface area contributed by atoms with Crippen molar-refractivity contribution in [3.05, 3.63) is 140 Å². The van der Waals surface area contributed by atoms with Crippen molar-refractivity contribution in [2.45, 2.75) is 38.3 Å². The molecule has 1 aliphatic heterocycles. The number of para-hydroxylation sites is 2. The number of hydrogen-bond acceptors (Lipinski definition) is 6. The van der Waals surface area contributed by atoms with Crippen molar-refractivity contribution in [2.75, 3.05) is 9.80 Å². The number of hydrogen-bond donors (Lipinski definition) is 0. The Hall–Kier alpha value is -5.38. The Morgan fingerprint density at radius 1 is 0.762 bits per heavy atom. The Kier molecular flexibility index (Phi) is 8.05. The fourth-order valence-corrected chi connectivity index (χ4v) is 5.48. The van der Waals surface area contributed by atoms with Gasteiger partial charge in [-0.3, -0.25) is 29.8 Å². The molecule has 2 amide bonds. The van der Waals surface area contributed by atoms with Gasteiger partial charge in [0.05, 0.1) is 28.7 Å². The normalized spacial score (nSPS) is 15.9. The number of carbonyl (C=O) groups is 2. The molecule has 0 aliphatic carbocycles. The van der Waals surface area contributed by atoms with Gasteiger partial charge in [0, 0.05) is 41.7 Å². The second-order valence-electron chi connectivity index (χ2n) is 10.2. The number of nitrogens with zero attached hydrogens (tertiary/aromatic N) is 4. The van der Waals surface area contributed by atoms with Gasteiger partial charge in [-0.25, -0.2) is 0 Å². The first-order chi connectivity index (χ1) is 20.2. The zero-order valence-electron chi connectivity index (χ0n) is 22.8. The molecule has 42 heavy (non-hydrogen) atoms. The van der Waals surface area contributed by atoms with Crippen molar-refractivity contribution < 1.29 is 19.4 Å². The largest absolute Gasteiger partial charge is 0.309 e. The average Bonchev–Trinajstić information content (AvgIpc) is 2.98. The van der Waals surface area contributed by atoms with Crippen molar-refractivity contribution in [1.82, 2.24) is 0 Å². The van der Waals surface area contributed by atoms with E-state index >= 15 is 0 Å². The predicted molar refractivity (Wildman–Crippen MR) is 158 cm³/mol. The molecule has 10 heteroatoms. The molecule has 4 aromatic carbocycles. The zero-order chi connectivity index (χ0) is 29.8.